The zero-order valence-corrected chi connectivity index (χ0v) is 12.8. The van der Waals surface area contributed by atoms with E-state index in [9.17, 15) is 4.79 Å². The molecule has 0 aliphatic carbocycles. The van der Waals surface area contributed by atoms with Gasteiger partial charge < -0.3 is 10.2 Å². The van der Waals surface area contributed by atoms with E-state index in [2.05, 4.69) is 25.2 Å². The summed E-state index contributed by atoms with van der Waals surface area (Å²) in [5.41, 5.74) is 2.83. The average Bonchev–Trinajstić information content (AvgIpc) is 3.06. The molecule has 114 valence electrons. The molecule has 22 heavy (non-hydrogen) atoms. The molecule has 6 nitrogen and oxygen atoms in total. The Morgan fingerprint density at radius 3 is 2.27 bits per heavy atom. The van der Waals surface area contributed by atoms with E-state index in [4.69, 9.17) is 0 Å². The highest BCUT2D eigenvalue weighted by Gasteiger charge is 2.18. The van der Waals surface area contributed by atoms with Crippen molar-refractivity contribution < 1.29 is 4.79 Å². The highest BCUT2D eigenvalue weighted by molar-refractivity contribution is 6.04. The predicted molar refractivity (Wildman–Crippen MR) is 85.1 cm³/mol. The Balaban J connectivity index is 1.83. The second kappa shape index (κ2) is 6.09. The minimum atomic E-state index is -0.175. The van der Waals surface area contributed by atoms with Crippen LogP contribution in [-0.2, 0) is 0 Å². The fourth-order valence-electron chi connectivity index (χ4n) is 2.63. The minimum absolute atomic E-state index is 0.175. The third-order valence-electron chi connectivity index (χ3n) is 3.83. The molecule has 1 N–H and O–H groups in total. The van der Waals surface area contributed by atoms with E-state index < -0.39 is 0 Å². The number of anilines is 2. The first-order valence-electron chi connectivity index (χ1n) is 7.47. The molecule has 0 atom stereocenters. The van der Waals surface area contributed by atoms with E-state index in [1.54, 1.807) is 24.5 Å². The number of aryl methyl sites for hydroxylation is 2. The Kier molecular flexibility index (Phi) is 4.00. The summed E-state index contributed by atoms with van der Waals surface area (Å²) in [5.74, 6) is 0.584. The number of hydrogen-bond donors (Lipinski definition) is 1. The molecule has 1 aliphatic rings. The summed E-state index contributed by atoms with van der Waals surface area (Å²) >= 11 is 0. The number of carbonyl (C=O) groups excluding carboxylic acids is 1. The molecule has 0 spiro atoms. The molecule has 0 unspecified atom stereocenters. The molecule has 0 saturated carbocycles. The summed E-state index contributed by atoms with van der Waals surface area (Å²) in [6.45, 7) is 5.80. The Labute approximate surface area is 129 Å². The predicted octanol–water partition coefficient (Wildman–Crippen LogP) is 2.34. The van der Waals surface area contributed by atoms with Crippen LogP contribution in [0.3, 0.4) is 0 Å². The van der Waals surface area contributed by atoms with Gasteiger partial charge in [0.1, 0.15) is 0 Å². The number of pyridine rings is 1. The summed E-state index contributed by atoms with van der Waals surface area (Å²) in [6, 6.07) is 3.36. The van der Waals surface area contributed by atoms with Crippen molar-refractivity contribution in [3.8, 4) is 0 Å². The number of amides is 1. The van der Waals surface area contributed by atoms with Crippen LogP contribution in [0.5, 0.6) is 0 Å². The standard InChI is InChI=1S/C16H19N5O/c1-11-14(20-15(22)13-5-7-17-8-6-13)12(2)19-16(18-11)21-9-3-4-10-21/h5-8H,3-4,9-10H2,1-2H3,(H,20,22). The maximum atomic E-state index is 12.3. The lowest BCUT2D eigenvalue weighted by atomic mass is 10.2. The van der Waals surface area contributed by atoms with Gasteiger partial charge in [0.05, 0.1) is 17.1 Å². The molecule has 2 aromatic rings. The van der Waals surface area contributed by atoms with Gasteiger partial charge in [-0.1, -0.05) is 0 Å². The van der Waals surface area contributed by atoms with Gasteiger partial charge in [0, 0.05) is 31.0 Å². The summed E-state index contributed by atoms with van der Waals surface area (Å²) in [7, 11) is 0. The molecule has 1 fully saturated rings. The van der Waals surface area contributed by atoms with Crippen molar-refractivity contribution in [2.45, 2.75) is 26.7 Å². The summed E-state index contributed by atoms with van der Waals surface area (Å²) in [6.07, 6.45) is 5.56. The van der Waals surface area contributed by atoms with Crippen molar-refractivity contribution in [1.82, 2.24) is 15.0 Å². The third-order valence-corrected chi connectivity index (χ3v) is 3.83. The number of nitrogens with one attached hydrogen (secondary N) is 1. The molecule has 1 amide bonds. The van der Waals surface area contributed by atoms with Crippen LogP contribution in [0, 0.1) is 13.8 Å². The molecule has 6 heteroatoms. The average molecular weight is 297 g/mol. The van der Waals surface area contributed by atoms with Crippen LogP contribution >= 0.6 is 0 Å². The maximum absolute atomic E-state index is 12.3. The van der Waals surface area contributed by atoms with Crippen molar-refractivity contribution in [1.29, 1.82) is 0 Å². The Hall–Kier alpha value is -2.50. The first-order valence-corrected chi connectivity index (χ1v) is 7.47. The fourth-order valence-corrected chi connectivity index (χ4v) is 2.63. The lowest BCUT2D eigenvalue weighted by Gasteiger charge is -2.18. The smallest absolute Gasteiger partial charge is 0.255 e. The van der Waals surface area contributed by atoms with Crippen LogP contribution in [0.15, 0.2) is 24.5 Å². The Bertz CT molecular complexity index is 657. The van der Waals surface area contributed by atoms with Gasteiger partial charge in [-0.05, 0) is 38.8 Å². The van der Waals surface area contributed by atoms with Crippen LogP contribution in [0.1, 0.15) is 34.6 Å². The van der Waals surface area contributed by atoms with E-state index in [1.165, 1.54) is 12.8 Å². The van der Waals surface area contributed by atoms with Gasteiger partial charge in [0.15, 0.2) is 0 Å². The van der Waals surface area contributed by atoms with Crippen molar-refractivity contribution in [2.24, 2.45) is 0 Å². The van der Waals surface area contributed by atoms with Crippen molar-refractivity contribution in [3.63, 3.8) is 0 Å². The Morgan fingerprint density at radius 2 is 1.68 bits per heavy atom. The SMILES string of the molecule is Cc1nc(N2CCCC2)nc(C)c1NC(=O)c1ccncc1. The van der Waals surface area contributed by atoms with Crippen molar-refractivity contribution in [2.75, 3.05) is 23.3 Å². The number of carbonyl (C=O) groups is 1. The van der Waals surface area contributed by atoms with E-state index in [0.29, 0.717) is 11.3 Å². The summed E-state index contributed by atoms with van der Waals surface area (Å²) in [5, 5.41) is 2.90. The van der Waals surface area contributed by atoms with Crippen LogP contribution in [0.25, 0.3) is 0 Å². The van der Waals surface area contributed by atoms with Gasteiger partial charge in [0.2, 0.25) is 5.95 Å². The van der Waals surface area contributed by atoms with E-state index in [-0.39, 0.29) is 5.91 Å². The third kappa shape index (κ3) is 2.90. The second-order valence-electron chi connectivity index (χ2n) is 5.45. The molecule has 0 aromatic carbocycles. The van der Waals surface area contributed by atoms with Crippen LogP contribution in [0.2, 0.25) is 0 Å². The van der Waals surface area contributed by atoms with E-state index >= 15 is 0 Å². The lowest BCUT2D eigenvalue weighted by Crippen LogP contribution is -2.22. The second-order valence-corrected chi connectivity index (χ2v) is 5.45. The molecular weight excluding hydrogens is 278 g/mol. The highest BCUT2D eigenvalue weighted by Crippen LogP contribution is 2.23. The normalized spacial score (nSPS) is 14.2. The first kappa shape index (κ1) is 14.4. The number of rotatable bonds is 3. The number of nitrogens with zero attached hydrogens (tertiary/aromatic N) is 4. The fraction of sp³-hybridized carbons (Fsp3) is 0.375. The molecule has 3 rings (SSSR count). The van der Waals surface area contributed by atoms with Gasteiger partial charge in [-0.3, -0.25) is 9.78 Å². The first-order chi connectivity index (χ1) is 10.6. The summed E-state index contributed by atoms with van der Waals surface area (Å²) < 4.78 is 0. The quantitative estimate of drug-likeness (QED) is 0.941. The highest BCUT2D eigenvalue weighted by atomic mass is 16.1. The molecule has 1 aliphatic heterocycles. The molecular formula is C16H19N5O. The molecule has 0 bridgehead atoms. The van der Waals surface area contributed by atoms with Crippen molar-refractivity contribution >= 4 is 17.5 Å². The van der Waals surface area contributed by atoms with E-state index in [1.807, 2.05) is 13.8 Å². The van der Waals surface area contributed by atoms with Gasteiger partial charge >= 0.3 is 0 Å². The largest absolute Gasteiger partial charge is 0.341 e. The van der Waals surface area contributed by atoms with Crippen LogP contribution in [-0.4, -0.2) is 33.9 Å². The Morgan fingerprint density at radius 1 is 1.09 bits per heavy atom. The zero-order chi connectivity index (χ0) is 15.5. The molecule has 2 aromatic heterocycles. The maximum Gasteiger partial charge on any atom is 0.255 e. The monoisotopic (exact) mass is 297 g/mol. The van der Waals surface area contributed by atoms with Crippen LogP contribution in [0.4, 0.5) is 11.6 Å². The molecule has 0 radical (unpaired) electrons. The molecule has 3 heterocycles. The van der Waals surface area contributed by atoms with Gasteiger partial charge in [-0.2, -0.15) is 0 Å². The van der Waals surface area contributed by atoms with Crippen molar-refractivity contribution in [3.05, 3.63) is 41.5 Å². The van der Waals surface area contributed by atoms with E-state index in [0.717, 1.165) is 30.4 Å². The van der Waals surface area contributed by atoms with Crippen LogP contribution < -0.4 is 10.2 Å². The lowest BCUT2D eigenvalue weighted by molar-refractivity contribution is 0.102. The molecule has 1 saturated heterocycles. The van der Waals surface area contributed by atoms with Gasteiger partial charge in [0.25, 0.3) is 5.91 Å². The summed E-state index contributed by atoms with van der Waals surface area (Å²) in [4.78, 5) is 27.5. The topological polar surface area (TPSA) is 71.0 Å². The van der Waals surface area contributed by atoms with Gasteiger partial charge in [-0.15, -0.1) is 0 Å². The number of hydrogen-bond acceptors (Lipinski definition) is 5. The zero-order valence-electron chi connectivity index (χ0n) is 12.8. The minimum Gasteiger partial charge on any atom is -0.341 e. The van der Waals surface area contributed by atoms with Gasteiger partial charge in [-0.25, -0.2) is 9.97 Å². The number of aromatic nitrogens is 3.